The molecule has 0 saturated heterocycles. The summed E-state index contributed by atoms with van der Waals surface area (Å²) in [6.45, 7) is 0. The molecule has 98 valence electrons. The van der Waals surface area contributed by atoms with Crippen LogP contribution >= 0.6 is 33.8 Å². The van der Waals surface area contributed by atoms with E-state index < -0.39 is 11.7 Å². The van der Waals surface area contributed by atoms with Gasteiger partial charge in [-0.3, -0.25) is 9.69 Å². The number of carbonyl (C=O) groups is 1. The van der Waals surface area contributed by atoms with Crippen molar-refractivity contribution >= 4 is 50.2 Å². The Morgan fingerprint density at radius 1 is 1.33 bits per heavy atom. The van der Waals surface area contributed by atoms with E-state index in [4.69, 9.17) is 0 Å². The van der Waals surface area contributed by atoms with Gasteiger partial charge in [0.05, 0.1) is 16.7 Å². The molecule has 1 aromatic rings. The maximum atomic E-state index is 12.4. The zero-order valence-corrected chi connectivity index (χ0v) is 11.6. The molecule has 0 atom stereocenters. The molecule has 1 amide bonds. The van der Waals surface area contributed by atoms with Gasteiger partial charge < -0.3 is 0 Å². The number of hydrogen-bond donors (Lipinski definition) is 0. The summed E-state index contributed by atoms with van der Waals surface area (Å²) >= 11 is 4.69. The Labute approximate surface area is 115 Å². The lowest BCUT2D eigenvalue weighted by molar-refractivity contribution is -0.137. The molecule has 0 N–H and O–H groups in total. The van der Waals surface area contributed by atoms with Crippen molar-refractivity contribution in [2.45, 2.75) is 6.18 Å². The minimum absolute atomic E-state index is 0.310. The van der Waals surface area contributed by atoms with Crippen molar-refractivity contribution in [1.29, 1.82) is 0 Å². The Morgan fingerprint density at radius 3 is 2.28 bits per heavy atom. The van der Waals surface area contributed by atoms with Crippen LogP contribution < -0.4 is 4.90 Å². The van der Waals surface area contributed by atoms with Gasteiger partial charge in [-0.05, 0) is 30.5 Å². The molecule has 0 aliphatic heterocycles. The highest BCUT2D eigenvalue weighted by Crippen LogP contribution is 2.31. The number of hydrogen-bond acceptors (Lipinski definition) is 4. The van der Waals surface area contributed by atoms with Crippen LogP contribution in [0.15, 0.2) is 24.3 Å². The van der Waals surface area contributed by atoms with Gasteiger partial charge in [0, 0.05) is 10.8 Å². The van der Waals surface area contributed by atoms with Gasteiger partial charge in [0.25, 0.3) is 0 Å². The van der Waals surface area contributed by atoms with Crippen molar-refractivity contribution < 1.29 is 18.0 Å². The Kier molecular flexibility index (Phi) is 5.48. The van der Waals surface area contributed by atoms with E-state index in [1.807, 2.05) is 0 Å². The molecular weight excluding hydrogens is 303 g/mol. The second-order valence-electron chi connectivity index (χ2n) is 3.04. The fourth-order valence-electron chi connectivity index (χ4n) is 1.13. The van der Waals surface area contributed by atoms with Crippen molar-refractivity contribution in [3.63, 3.8) is 0 Å². The number of benzene rings is 1. The molecule has 1 rings (SSSR count). The van der Waals surface area contributed by atoms with Crippen LogP contribution in [0.3, 0.4) is 0 Å². The van der Waals surface area contributed by atoms with Crippen molar-refractivity contribution in [2.24, 2.45) is 0 Å². The van der Waals surface area contributed by atoms with Crippen LogP contribution in [-0.4, -0.2) is 17.0 Å². The van der Waals surface area contributed by atoms with Gasteiger partial charge in [-0.2, -0.15) is 13.2 Å². The number of nitrogens with zero attached hydrogens (tertiary/aromatic N) is 1. The molecule has 0 fully saturated rings. The van der Waals surface area contributed by atoms with E-state index in [-0.39, 0.29) is 5.24 Å². The lowest BCUT2D eigenvalue weighted by Crippen LogP contribution is -2.23. The Morgan fingerprint density at radius 2 is 1.89 bits per heavy atom. The summed E-state index contributed by atoms with van der Waals surface area (Å²) in [5.74, 6) is 0. The average molecular weight is 311 g/mol. The normalized spacial score (nSPS) is 11.1. The third kappa shape index (κ3) is 3.89. The zero-order valence-electron chi connectivity index (χ0n) is 9.10. The highest BCUT2D eigenvalue weighted by molar-refractivity contribution is 8.82. The summed E-state index contributed by atoms with van der Waals surface area (Å²) < 4.78 is 37.1. The minimum Gasteiger partial charge on any atom is -0.268 e. The number of halogens is 3. The predicted molar refractivity (Wildman–Crippen MR) is 74.1 cm³/mol. The number of amides is 1. The molecule has 8 heteroatoms. The van der Waals surface area contributed by atoms with Crippen molar-refractivity contribution in [1.82, 2.24) is 0 Å². The van der Waals surface area contributed by atoms with Crippen LogP contribution in [0.4, 0.5) is 23.7 Å². The fraction of sp³-hybridized carbons (Fsp3) is 0.200. The molecule has 0 aliphatic rings. The van der Waals surface area contributed by atoms with E-state index in [9.17, 15) is 18.0 Å². The minimum atomic E-state index is -4.39. The van der Waals surface area contributed by atoms with Crippen LogP contribution in [0.2, 0.25) is 0 Å². The Balaban J connectivity index is 2.96. The van der Waals surface area contributed by atoms with Gasteiger partial charge in [0.2, 0.25) is 0 Å². The zero-order chi connectivity index (χ0) is 13.8. The Bertz CT molecular complexity index is 433. The molecule has 0 radical (unpaired) electrons. The SMILES string of the molecule is CSSC(=O)N(C=S)c1ccc(C(F)(F)F)cc1. The van der Waals surface area contributed by atoms with E-state index in [2.05, 4.69) is 12.2 Å². The first-order valence-corrected chi connectivity index (χ1v) is 7.59. The quantitative estimate of drug-likeness (QED) is 0.600. The summed E-state index contributed by atoms with van der Waals surface area (Å²) in [5, 5.41) is -0.350. The van der Waals surface area contributed by atoms with Gasteiger partial charge in [0.1, 0.15) is 0 Å². The molecule has 0 spiro atoms. The predicted octanol–water partition coefficient (Wildman–Crippen LogP) is 4.60. The first kappa shape index (κ1) is 15.3. The number of anilines is 1. The first-order chi connectivity index (χ1) is 8.40. The van der Waals surface area contributed by atoms with E-state index in [0.29, 0.717) is 5.69 Å². The van der Waals surface area contributed by atoms with Crippen LogP contribution in [0.5, 0.6) is 0 Å². The average Bonchev–Trinajstić information content (AvgIpc) is 2.30. The lowest BCUT2D eigenvalue weighted by atomic mass is 10.2. The molecule has 18 heavy (non-hydrogen) atoms. The van der Waals surface area contributed by atoms with E-state index >= 15 is 0 Å². The molecule has 2 nitrogen and oxygen atoms in total. The van der Waals surface area contributed by atoms with E-state index in [1.54, 1.807) is 6.26 Å². The maximum absolute atomic E-state index is 12.4. The smallest absolute Gasteiger partial charge is 0.268 e. The Hall–Kier alpha value is -0.730. The molecule has 0 unspecified atom stereocenters. The summed E-state index contributed by atoms with van der Waals surface area (Å²) in [4.78, 5) is 12.7. The molecule has 1 aromatic carbocycles. The van der Waals surface area contributed by atoms with Crippen molar-refractivity contribution in [3.8, 4) is 0 Å². The van der Waals surface area contributed by atoms with Crippen LogP contribution in [-0.2, 0) is 6.18 Å². The maximum Gasteiger partial charge on any atom is 0.416 e. The molecule has 0 aromatic heterocycles. The second kappa shape index (κ2) is 6.44. The van der Waals surface area contributed by atoms with E-state index in [0.717, 1.165) is 33.3 Å². The standard InChI is InChI=1S/C10H8F3NOS3/c1-17-18-9(15)14(6-16)8-4-2-7(3-5-8)10(11,12)13/h2-6H,1H3. The number of carbonyl (C=O) groups excluding carboxylic acids is 1. The van der Waals surface area contributed by atoms with Crippen molar-refractivity contribution in [2.75, 3.05) is 11.2 Å². The second-order valence-corrected chi connectivity index (χ2v) is 5.60. The molecule has 0 aliphatic carbocycles. The van der Waals surface area contributed by atoms with E-state index in [1.165, 1.54) is 22.9 Å². The number of alkyl halides is 3. The van der Waals surface area contributed by atoms with Crippen LogP contribution in [0.25, 0.3) is 0 Å². The highest BCUT2D eigenvalue weighted by Gasteiger charge is 2.30. The van der Waals surface area contributed by atoms with Crippen molar-refractivity contribution in [3.05, 3.63) is 29.8 Å². The molecular formula is C10H8F3NOS3. The molecule has 0 bridgehead atoms. The largest absolute Gasteiger partial charge is 0.416 e. The third-order valence-electron chi connectivity index (χ3n) is 1.93. The van der Waals surface area contributed by atoms with Gasteiger partial charge in [-0.25, -0.2) is 0 Å². The summed E-state index contributed by atoms with van der Waals surface area (Å²) in [7, 11) is 2.19. The third-order valence-corrected chi connectivity index (χ3v) is 3.57. The van der Waals surface area contributed by atoms with Gasteiger partial charge in [-0.15, -0.1) is 0 Å². The summed E-state index contributed by atoms with van der Waals surface area (Å²) in [6, 6.07) is 4.26. The van der Waals surface area contributed by atoms with Gasteiger partial charge in [0.15, 0.2) is 0 Å². The van der Waals surface area contributed by atoms with Crippen LogP contribution in [0, 0.1) is 0 Å². The number of thiocarbonyl (C=S) groups is 1. The lowest BCUT2D eigenvalue weighted by Gasteiger charge is -2.16. The fourth-order valence-corrected chi connectivity index (χ4v) is 2.47. The van der Waals surface area contributed by atoms with Gasteiger partial charge >= 0.3 is 11.4 Å². The monoisotopic (exact) mass is 311 g/mol. The summed E-state index contributed by atoms with van der Waals surface area (Å²) in [6.07, 6.45) is -2.67. The topological polar surface area (TPSA) is 20.3 Å². The summed E-state index contributed by atoms with van der Waals surface area (Å²) in [5.41, 5.74) is 0.652. The molecule has 0 saturated carbocycles. The van der Waals surface area contributed by atoms with Gasteiger partial charge in [-0.1, -0.05) is 23.0 Å². The molecule has 0 heterocycles. The highest BCUT2D eigenvalue weighted by atomic mass is 33.1. The van der Waals surface area contributed by atoms with Crippen LogP contribution in [0.1, 0.15) is 5.56 Å². The first-order valence-electron chi connectivity index (χ1n) is 4.56. The number of rotatable bonds is 3.